The molecule has 1 amide bonds. The Morgan fingerprint density at radius 2 is 1.35 bits per heavy atom. The second-order valence-electron chi connectivity index (χ2n) is 3.87. The molecule has 0 saturated heterocycles. The Morgan fingerprint density at radius 1 is 1.00 bits per heavy atom. The summed E-state index contributed by atoms with van der Waals surface area (Å²) in [7, 11) is -2.55. The van der Waals surface area contributed by atoms with Crippen LogP contribution in [0.1, 0.15) is 20.8 Å². The largest absolute Gasteiger partial charge is 0.463 e. The molecule has 8 heteroatoms. The van der Waals surface area contributed by atoms with Gasteiger partial charge in [0.1, 0.15) is 0 Å². The van der Waals surface area contributed by atoms with Crippen LogP contribution >= 0.6 is 0 Å². The minimum Gasteiger partial charge on any atom is -0.376 e. The van der Waals surface area contributed by atoms with E-state index in [-0.39, 0.29) is 0 Å². The third-order valence-corrected chi connectivity index (χ3v) is 7.87. The van der Waals surface area contributed by atoms with Gasteiger partial charge in [-0.05, 0) is 18.1 Å². The fourth-order valence-corrected chi connectivity index (χ4v) is 4.13. The summed E-state index contributed by atoms with van der Waals surface area (Å²) in [5.41, 5.74) is 0. The van der Waals surface area contributed by atoms with E-state index in [4.69, 9.17) is 0 Å². The van der Waals surface area contributed by atoms with Crippen molar-refractivity contribution in [3.8, 4) is 0 Å². The van der Waals surface area contributed by atoms with Crippen molar-refractivity contribution in [2.75, 3.05) is 0 Å². The standard InChI is InChI=1S/C9H16F5NOSi/c1-4-17(5-2,6-3)15-7(16)8(10,11)9(12,13)14/h4-6H2,1-3H3,(H,15,16). The van der Waals surface area contributed by atoms with E-state index in [0.717, 1.165) is 0 Å². The molecule has 0 aromatic rings. The summed E-state index contributed by atoms with van der Waals surface area (Å²) in [6, 6.07) is 1.29. The van der Waals surface area contributed by atoms with Crippen LogP contribution in [0, 0.1) is 0 Å². The molecule has 0 heterocycles. The lowest BCUT2D eigenvalue weighted by Gasteiger charge is -2.31. The van der Waals surface area contributed by atoms with E-state index in [1.165, 1.54) is 0 Å². The first-order valence-corrected chi connectivity index (χ1v) is 7.95. The maximum atomic E-state index is 12.7. The smallest absolute Gasteiger partial charge is 0.376 e. The van der Waals surface area contributed by atoms with E-state index in [2.05, 4.69) is 0 Å². The molecular formula is C9H16F5NOSi. The number of hydrogen-bond acceptors (Lipinski definition) is 1. The monoisotopic (exact) mass is 277 g/mol. The summed E-state index contributed by atoms with van der Waals surface area (Å²) in [4.78, 5) is 13.0. The Morgan fingerprint density at radius 3 is 1.59 bits per heavy atom. The molecule has 0 unspecified atom stereocenters. The fraction of sp³-hybridized carbons (Fsp3) is 0.889. The highest BCUT2D eigenvalue weighted by atomic mass is 28.3. The molecule has 102 valence electrons. The quantitative estimate of drug-likeness (QED) is 0.606. The summed E-state index contributed by atoms with van der Waals surface area (Å²) in [5, 5.41) is 0. The Hall–Kier alpha value is -0.663. The maximum Gasteiger partial charge on any atom is 0.463 e. The van der Waals surface area contributed by atoms with Gasteiger partial charge in [-0.3, -0.25) is 4.79 Å². The summed E-state index contributed by atoms with van der Waals surface area (Å²) in [6.45, 7) is 5.06. The summed E-state index contributed by atoms with van der Waals surface area (Å²) >= 11 is 0. The average Bonchev–Trinajstić information content (AvgIpc) is 2.24. The molecule has 17 heavy (non-hydrogen) atoms. The highest BCUT2D eigenvalue weighted by molar-refractivity contribution is 6.79. The number of carbonyl (C=O) groups excluding carboxylic acids is 1. The molecule has 0 atom stereocenters. The van der Waals surface area contributed by atoms with E-state index in [1.807, 2.05) is 4.98 Å². The normalized spacial score (nSPS) is 13.6. The highest BCUT2D eigenvalue weighted by Crippen LogP contribution is 2.36. The van der Waals surface area contributed by atoms with Crippen LogP contribution in [0.3, 0.4) is 0 Å². The zero-order valence-corrected chi connectivity index (χ0v) is 10.9. The molecule has 0 fully saturated rings. The van der Waals surface area contributed by atoms with Crippen LogP contribution in [0.4, 0.5) is 22.0 Å². The topological polar surface area (TPSA) is 29.1 Å². The van der Waals surface area contributed by atoms with Gasteiger partial charge in [0.25, 0.3) is 5.91 Å². The first-order valence-electron chi connectivity index (χ1n) is 5.33. The molecular weight excluding hydrogens is 261 g/mol. The molecule has 0 aromatic carbocycles. The van der Waals surface area contributed by atoms with Crippen molar-refractivity contribution in [3.63, 3.8) is 0 Å². The van der Waals surface area contributed by atoms with Crippen molar-refractivity contribution in [2.45, 2.75) is 51.0 Å². The number of alkyl halides is 5. The third-order valence-electron chi connectivity index (χ3n) is 3.05. The number of nitrogens with one attached hydrogen (secondary N) is 1. The van der Waals surface area contributed by atoms with Crippen LogP contribution in [-0.4, -0.2) is 26.2 Å². The van der Waals surface area contributed by atoms with Gasteiger partial charge in [0.05, 0.1) is 0 Å². The summed E-state index contributed by atoms with van der Waals surface area (Å²) in [6.07, 6.45) is -5.84. The first kappa shape index (κ1) is 16.3. The molecule has 0 aliphatic rings. The Balaban J connectivity index is 4.97. The van der Waals surface area contributed by atoms with Gasteiger partial charge in [-0.15, -0.1) is 0 Å². The summed E-state index contributed by atoms with van der Waals surface area (Å²) < 4.78 is 61.4. The van der Waals surface area contributed by atoms with Gasteiger partial charge in [0.2, 0.25) is 0 Å². The van der Waals surface area contributed by atoms with Gasteiger partial charge in [-0.1, -0.05) is 20.8 Å². The Labute approximate surface area is 97.7 Å². The van der Waals surface area contributed by atoms with Gasteiger partial charge in [-0.25, -0.2) is 0 Å². The molecule has 0 spiro atoms. The van der Waals surface area contributed by atoms with Crippen molar-refractivity contribution >= 4 is 14.1 Å². The number of amides is 1. The molecule has 0 aromatic heterocycles. The second-order valence-corrected chi connectivity index (χ2v) is 8.80. The van der Waals surface area contributed by atoms with Crippen LogP contribution in [0.2, 0.25) is 18.1 Å². The van der Waals surface area contributed by atoms with Crippen molar-refractivity contribution < 1.29 is 26.7 Å². The Kier molecular flexibility index (Phi) is 5.11. The number of halogens is 5. The zero-order valence-electron chi connectivity index (χ0n) is 9.92. The minimum absolute atomic E-state index is 0.430. The van der Waals surface area contributed by atoms with E-state index < -0.39 is 26.2 Å². The lowest BCUT2D eigenvalue weighted by Crippen LogP contribution is -2.60. The average molecular weight is 277 g/mol. The third kappa shape index (κ3) is 3.40. The Bertz CT molecular complexity index is 267. The van der Waals surface area contributed by atoms with Crippen LogP contribution in [-0.2, 0) is 4.79 Å². The van der Waals surface area contributed by atoms with Gasteiger partial charge < -0.3 is 4.98 Å². The predicted molar refractivity (Wildman–Crippen MR) is 56.3 cm³/mol. The predicted octanol–water partition coefficient (Wildman–Crippen LogP) is 3.31. The van der Waals surface area contributed by atoms with Crippen LogP contribution in [0.5, 0.6) is 0 Å². The lowest BCUT2D eigenvalue weighted by atomic mass is 10.3. The highest BCUT2D eigenvalue weighted by Gasteiger charge is 2.64. The van der Waals surface area contributed by atoms with Crippen molar-refractivity contribution in [1.29, 1.82) is 0 Å². The SMILES string of the molecule is CC[Si](CC)(CC)NC(=O)C(F)(F)C(F)(F)F. The van der Waals surface area contributed by atoms with Crippen LogP contribution < -0.4 is 4.98 Å². The van der Waals surface area contributed by atoms with Crippen LogP contribution in [0.15, 0.2) is 0 Å². The van der Waals surface area contributed by atoms with Crippen molar-refractivity contribution in [1.82, 2.24) is 4.98 Å². The van der Waals surface area contributed by atoms with E-state index in [9.17, 15) is 26.7 Å². The first-order chi connectivity index (χ1) is 7.56. The van der Waals surface area contributed by atoms with Gasteiger partial charge >= 0.3 is 12.1 Å². The lowest BCUT2D eigenvalue weighted by molar-refractivity contribution is -0.269. The van der Waals surface area contributed by atoms with Crippen molar-refractivity contribution in [3.05, 3.63) is 0 Å². The fourth-order valence-electron chi connectivity index (χ4n) is 1.46. The molecule has 0 aliphatic carbocycles. The van der Waals surface area contributed by atoms with Gasteiger partial charge in [-0.2, -0.15) is 22.0 Å². The maximum absolute atomic E-state index is 12.7. The number of hydrogen-bond donors (Lipinski definition) is 1. The van der Waals surface area contributed by atoms with Crippen molar-refractivity contribution in [2.24, 2.45) is 0 Å². The summed E-state index contributed by atoms with van der Waals surface area (Å²) in [5.74, 6) is -7.53. The second kappa shape index (κ2) is 5.32. The molecule has 1 N–H and O–H groups in total. The number of carbonyl (C=O) groups is 1. The molecule has 0 saturated carbocycles. The van der Waals surface area contributed by atoms with E-state index >= 15 is 0 Å². The molecule has 0 aliphatic heterocycles. The zero-order chi connectivity index (χ0) is 13.9. The van der Waals surface area contributed by atoms with E-state index in [1.54, 1.807) is 20.8 Å². The molecule has 0 radical (unpaired) electrons. The van der Waals surface area contributed by atoms with E-state index in [0.29, 0.717) is 18.1 Å². The minimum atomic E-state index is -5.84. The van der Waals surface area contributed by atoms with Gasteiger partial charge in [0.15, 0.2) is 8.24 Å². The molecule has 0 rings (SSSR count). The number of rotatable bonds is 5. The van der Waals surface area contributed by atoms with Gasteiger partial charge in [0, 0.05) is 0 Å². The molecule has 0 bridgehead atoms. The molecule has 2 nitrogen and oxygen atoms in total. The van der Waals surface area contributed by atoms with Crippen LogP contribution in [0.25, 0.3) is 0 Å².